The summed E-state index contributed by atoms with van der Waals surface area (Å²) in [7, 11) is 0. The van der Waals surface area contributed by atoms with Gasteiger partial charge in [-0.2, -0.15) is 0 Å². The van der Waals surface area contributed by atoms with E-state index in [0.717, 1.165) is 0 Å². The lowest BCUT2D eigenvalue weighted by atomic mass is 10.2. The molecule has 1 aromatic heterocycles. The SMILES string of the molecule is C/C=C\C=C(\N)C(F)c1ccc(C)o1. The molecule has 1 rings (SSSR count). The number of halogens is 1. The molecule has 0 saturated heterocycles. The summed E-state index contributed by atoms with van der Waals surface area (Å²) < 4.78 is 18.7. The molecule has 1 unspecified atom stereocenters. The van der Waals surface area contributed by atoms with E-state index in [4.69, 9.17) is 10.2 Å². The predicted octanol–water partition coefficient (Wildman–Crippen LogP) is 3.02. The van der Waals surface area contributed by atoms with Crippen LogP contribution in [0.1, 0.15) is 24.6 Å². The van der Waals surface area contributed by atoms with Crippen molar-refractivity contribution in [2.45, 2.75) is 20.0 Å². The second-order valence-corrected chi connectivity index (χ2v) is 3.00. The van der Waals surface area contributed by atoms with Crippen LogP contribution in [0.25, 0.3) is 0 Å². The Morgan fingerprint density at radius 2 is 2.29 bits per heavy atom. The minimum absolute atomic E-state index is 0.150. The van der Waals surface area contributed by atoms with Crippen molar-refractivity contribution in [2.24, 2.45) is 5.73 Å². The van der Waals surface area contributed by atoms with Crippen LogP contribution in [0.15, 0.2) is 40.5 Å². The van der Waals surface area contributed by atoms with Gasteiger partial charge in [0.1, 0.15) is 11.5 Å². The van der Waals surface area contributed by atoms with Crippen LogP contribution in [0.3, 0.4) is 0 Å². The second-order valence-electron chi connectivity index (χ2n) is 3.00. The summed E-state index contributed by atoms with van der Waals surface area (Å²) in [4.78, 5) is 0. The number of nitrogens with two attached hydrogens (primary N) is 1. The molecular formula is C11H14FNO. The first kappa shape index (κ1) is 10.6. The first-order chi connectivity index (χ1) is 6.65. The third-order valence-corrected chi connectivity index (χ3v) is 1.78. The molecule has 0 bridgehead atoms. The van der Waals surface area contributed by atoms with Gasteiger partial charge in [-0.05, 0) is 32.1 Å². The molecule has 0 aliphatic carbocycles. The number of furan rings is 1. The number of rotatable bonds is 3. The smallest absolute Gasteiger partial charge is 0.196 e. The van der Waals surface area contributed by atoms with E-state index in [-0.39, 0.29) is 11.5 Å². The van der Waals surface area contributed by atoms with E-state index in [1.807, 2.05) is 6.92 Å². The lowest BCUT2D eigenvalue weighted by Gasteiger charge is -2.04. The zero-order valence-electron chi connectivity index (χ0n) is 8.33. The fourth-order valence-corrected chi connectivity index (χ4v) is 1.05. The van der Waals surface area contributed by atoms with Crippen molar-refractivity contribution in [3.63, 3.8) is 0 Å². The van der Waals surface area contributed by atoms with E-state index in [0.29, 0.717) is 5.76 Å². The number of hydrogen-bond acceptors (Lipinski definition) is 2. The predicted molar refractivity (Wildman–Crippen MR) is 54.4 cm³/mol. The maximum atomic E-state index is 13.5. The van der Waals surface area contributed by atoms with Gasteiger partial charge in [0.25, 0.3) is 0 Å². The van der Waals surface area contributed by atoms with Crippen LogP contribution in [0.2, 0.25) is 0 Å². The van der Waals surface area contributed by atoms with Crippen LogP contribution in [0.5, 0.6) is 0 Å². The minimum atomic E-state index is -1.36. The van der Waals surface area contributed by atoms with Crippen molar-refractivity contribution < 1.29 is 8.81 Å². The van der Waals surface area contributed by atoms with Gasteiger partial charge in [0.2, 0.25) is 0 Å². The highest BCUT2D eigenvalue weighted by molar-refractivity contribution is 5.20. The molecule has 2 N–H and O–H groups in total. The number of alkyl halides is 1. The fraction of sp³-hybridized carbons (Fsp3) is 0.273. The average Bonchev–Trinajstić information content (AvgIpc) is 2.60. The Labute approximate surface area is 82.9 Å². The van der Waals surface area contributed by atoms with E-state index in [1.165, 1.54) is 6.08 Å². The molecule has 0 radical (unpaired) electrons. The van der Waals surface area contributed by atoms with Gasteiger partial charge < -0.3 is 10.2 Å². The second kappa shape index (κ2) is 4.65. The highest BCUT2D eigenvalue weighted by Crippen LogP contribution is 2.24. The Balaban J connectivity index is 2.79. The summed E-state index contributed by atoms with van der Waals surface area (Å²) in [6.45, 7) is 3.61. The quantitative estimate of drug-likeness (QED) is 0.753. The standard InChI is InChI=1S/C11H14FNO/c1-3-4-5-9(13)11(12)10-7-6-8(2)14-10/h3-7,11H,13H2,1-2H3/b4-3-,9-5+. The highest BCUT2D eigenvalue weighted by atomic mass is 19.1. The Morgan fingerprint density at radius 3 is 2.79 bits per heavy atom. The minimum Gasteiger partial charge on any atom is -0.463 e. The number of aryl methyl sites for hydroxylation is 1. The van der Waals surface area contributed by atoms with Crippen molar-refractivity contribution in [1.29, 1.82) is 0 Å². The topological polar surface area (TPSA) is 39.2 Å². The zero-order chi connectivity index (χ0) is 10.6. The van der Waals surface area contributed by atoms with Gasteiger partial charge in [0.15, 0.2) is 6.17 Å². The Bertz CT molecular complexity index is 352. The molecule has 0 aliphatic heterocycles. The molecule has 0 spiro atoms. The summed E-state index contributed by atoms with van der Waals surface area (Å²) in [6, 6.07) is 3.31. The molecule has 76 valence electrons. The summed E-state index contributed by atoms with van der Waals surface area (Å²) in [5, 5.41) is 0. The molecule has 2 nitrogen and oxygen atoms in total. The molecule has 0 aliphatic rings. The van der Waals surface area contributed by atoms with Crippen LogP contribution >= 0.6 is 0 Å². The zero-order valence-corrected chi connectivity index (χ0v) is 8.33. The molecule has 0 saturated carbocycles. The maximum absolute atomic E-state index is 13.5. The molecule has 3 heteroatoms. The van der Waals surface area contributed by atoms with Crippen molar-refractivity contribution >= 4 is 0 Å². The summed E-state index contributed by atoms with van der Waals surface area (Å²) in [5.74, 6) is 0.933. The van der Waals surface area contributed by atoms with Gasteiger partial charge in [-0.15, -0.1) is 0 Å². The van der Waals surface area contributed by atoms with Crippen molar-refractivity contribution in [3.8, 4) is 0 Å². The van der Waals surface area contributed by atoms with Crippen LogP contribution in [-0.4, -0.2) is 0 Å². The first-order valence-electron chi connectivity index (χ1n) is 4.44. The van der Waals surface area contributed by atoms with Crippen molar-refractivity contribution in [2.75, 3.05) is 0 Å². The normalized spacial score (nSPS) is 14.9. The van der Waals surface area contributed by atoms with E-state index >= 15 is 0 Å². The molecule has 14 heavy (non-hydrogen) atoms. The van der Waals surface area contributed by atoms with Crippen LogP contribution in [0, 0.1) is 6.92 Å². The van der Waals surface area contributed by atoms with Crippen molar-refractivity contribution in [1.82, 2.24) is 0 Å². The first-order valence-corrected chi connectivity index (χ1v) is 4.44. The average molecular weight is 195 g/mol. The van der Waals surface area contributed by atoms with Gasteiger partial charge >= 0.3 is 0 Å². The molecule has 0 amide bonds. The maximum Gasteiger partial charge on any atom is 0.196 e. The van der Waals surface area contributed by atoms with E-state index in [9.17, 15) is 4.39 Å². The van der Waals surface area contributed by atoms with Gasteiger partial charge in [-0.3, -0.25) is 0 Å². The third kappa shape index (κ3) is 2.49. The Morgan fingerprint density at radius 1 is 1.57 bits per heavy atom. The van der Waals surface area contributed by atoms with Gasteiger partial charge in [-0.1, -0.05) is 12.2 Å². The van der Waals surface area contributed by atoms with Crippen LogP contribution in [0.4, 0.5) is 4.39 Å². The largest absolute Gasteiger partial charge is 0.463 e. The van der Waals surface area contributed by atoms with E-state index < -0.39 is 6.17 Å². The van der Waals surface area contributed by atoms with Gasteiger partial charge in [0, 0.05) is 0 Å². The highest BCUT2D eigenvalue weighted by Gasteiger charge is 2.15. The lowest BCUT2D eigenvalue weighted by Crippen LogP contribution is -2.04. The van der Waals surface area contributed by atoms with Crippen LogP contribution < -0.4 is 5.73 Å². The van der Waals surface area contributed by atoms with Gasteiger partial charge in [-0.25, -0.2) is 4.39 Å². The van der Waals surface area contributed by atoms with Gasteiger partial charge in [0.05, 0.1) is 5.70 Å². The van der Waals surface area contributed by atoms with Crippen molar-refractivity contribution in [3.05, 3.63) is 47.6 Å². The van der Waals surface area contributed by atoms with Crippen LogP contribution in [-0.2, 0) is 0 Å². The molecular weight excluding hydrogens is 181 g/mol. The molecule has 1 aromatic rings. The van der Waals surface area contributed by atoms with E-state index in [1.54, 1.807) is 31.2 Å². The Hall–Kier alpha value is -1.51. The van der Waals surface area contributed by atoms with E-state index in [2.05, 4.69) is 0 Å². The number of hydrogen-bond donors (Lipinski definition) is 1. The fourth-order valence-electron chi connectivity index (χ4n) is 1.05. The molecule has 0 fully saturated rings. The summed E-state index contributed by atoms with van der Waals surface area (Å²) >= 11 is 0. The molecule has 1 heterocycles. The monoisotopic (exact) mass is 195 g/mol. The lowest BCUT2D eigenvalue weighted by molar-refractivity contribution is 0.319. The molecule has 1 atom stereocenters. The third-order valence-electron chi connectivity index (χ3n) is 1.78. The summed E-state index contributed by atoms with van der Waals surface area (Å²) in [6.07, 6.45) is 3.65. The number of allylic oxidation sites excluding steroid dienone is 4. The Kier molecular flexibility index (Phi) is 3.51. The molecule has 0 aromatic carbocycles. The summed E-state index contributed by atoms with van der Waals surface area (Å²) in [5.41, 5.74) is 5.67.